The lowest BCUT2D eigenvalue weighted by Crippen LogP contribution is -2.23. The minimum Gasteiger partial charge on any atom is -0.366 e. The predicted octanol–water partition coefficient (Wildman–Crippen LogP) is 2.14. The van der Waals surface area contributed by atoms with Gasteiger partial charge in [0.15, 0.2) is 0 Å². The van der Waals surface area contributed by atoms with Crippen LogP contribution in [0.15, 0.2) is 22.7 Å². The molecule has 1 heterocycles. The number of rotatable bonds is 3. The third-order valence-corrected chi connectivity index (χ3v) is 3.59. The van der Waals surface area contributed by atoms with E-state index >= 15 is 0 Å². The summed E-state index contributed by atoms with van der Waals surface area (Å²) in [5.41, 5.74) is 6.47. The molecule has 1 atom stereocenters. The molecule has 2 rings (SSSR count). The fourth-order valence-corrected chi connectivity index (χ4v) is 2.50. The predicted molar refractivity (Wildman–Crippen MR) is 70.2 cm³/mol. The average Bonchev–Trinajstić information content (AvgIpc) is 2.77. The van der Waals surface area contributed by atoms with Crippen LogP contribution in [-0.2, 0) is 0 Å². The molecule has 0 amide bonds. The Kier molecular flexibility index (Phi) is 3.63. The smallest absolute Gasteiger partial charge is 0.293 e. The molecule has 0 aliphatic carbocycles. The number of benzene rings is 1. The zero-order valence-electron chi connectivity index (χ0n) is 9.30. The Morgan fingerprint density at radius 2 is 2.35 bits per heavy atom. The summed E-state index contributed by atoms with van der Waals surface area (Å²) < 4.78 is 0.725. The van der Waals surface area contributed by atoms with Crippen LogP contribution in [0, 0.1) is 16.0 Å². The number of nitrogens with two attached hydrogens (primary N) is 1. The first-order chi connectivity index (χ1) is 8.11. The summed E-state index contributed by atoms with van der Waals surface area (Å²) in [6.45, 7) is 2.28. The Morgan fingerprint density at radius 3 is 2.94 bits per heavy atom. The second kappa shape index (κ2) is 5.01. The molecule has 1 aromatic rings. The fraction of sp³-hybridized carbons (Fsp3) is 0.455. The Morgan fingerprint density at radius 1 is 1.59 bits per heavy atom. The standard InChI is InChI=1S/C11H14BrN3O2/c12-9-1-2-10(11(5-9)15(16)17)14-4-3-8(6-13)7-14/h1-2,5,8H,3-4,6-7,13H2. The van der Waals surface area contributed by atoms with Crippen LogP contribution in [0.1, 0.15) is 6.42 Å². The Hall–Kier alpha value is -1.14. The van der Waals surface area contributed by atoms with E-state index in [1.54, 1.807) is 12.1 Å². The molecule has 1 unspecified atom stereocenters. The van der Waals surface area contributed by atoms with Crippen molar-refractivity contribution < 1.29 is 4.92 Å². The van der Waals surface area contributed by atoms with Crippen LogP contribution in [0.2, 0.25) is 0 Å². The van der Waals surface area contributed by atoms with E-state index in [4.69, 9.17) is 5.73 Å². The summed E-state index contributed by atoms with van der Waals surface area (Å²) in [4.78, 5) is 12.7. The lowest BCUT2D eigenvalue weighted by atomic mass is 10.1. The van der Waals surface area contributed by atoms with E-state index in [-0.39, 0.29) is 10.6 Å². The third kappa shape index (κ3) is 2.58. The molecule has 1 aromatic carbocycles. The minimum absolute atomic E-state index is 0.150. The molecule has 1 aliphatic rings. The summed E-state index contributed by atoms with van der Waals surface area (Å²) in [5, 5.41) is 11.0. The highest BCUT2D eigenvalue weighted by atomic mass is 79.9. The van der Waals surface area contributed by atoms with Crippen LogP contribution in [-0.4, -0.2) is 24.6 Å². The van der Waals surface area contributed by atoms with Crippen molar-refractivity contribution >= 4 is 27.3 Å². The molecule has 2 N–H and O–H groups in total. The van der Waals surface area contributed by atoms with E-state index in [1.807, 2.05) is 11.0 Å². The highest BCUT2D eigenvalue weighted by molar-refractivity contribution is 9.10. The molecule has 1 fully saturated rings. The van der Waals surface area contributed by atoms with Crippen molar-refractivity contribution in [1.29, 1.82) is 0 Å². The van der Waals surface area contributed by atoms with Gasteiger partial charge in [-0.15, -0.1) is 0 Å². The number of nitro groups is 1. The zero-order valence-corrected chi connectivity index (χ0v) is 10.9. The molecule has 92 valence electrons. The first-order valence-corrected chi connectivity index (χ1v) is 6.30. The lowest BCUT2D eigenvalue weighted by molar-refractivity contribution is -0.384. The van der Waals surface area contributed by atoms with E-state index in [9.17, 15) is 10.1 Å². The van der Waals surface area contributed by atoms with Crippen LogP contribution >= 0.6 is 15.9 Å². The highest BCUT2D eigenvalue weighted by Gasteiger charge is 2.26. The largest absolute Gasteiger partial charge is 0.366 e. The van der Waals surface area contributed by atoms with Gasteiger partial charge in [0.2, 0.25) is 0 Å². The van der Waals surface area contributed by atoms with Gasteiger partial charge in [0.05, 0.1) is 4.92 Å². The van der Waals surface area contributed by atoms with Gasteiger partial charge < -0.3 is 10.6 Å². The SMILES string of the molecule is NCC1CCN(c2ccc(Br)cc2[N+](=O)[O-])C1. The number of halogens is 1. The summed E-state index contributed by atoms with van der Waals surface area (Å²) in [7, 11) is 0. The van der Waals surface area contributed by atoms with E-state index < -0.39 is 0 Å². The molecule has 0 spiro atoms. The molecule has 1 saturated heterocycles. The molecule has 0 radical (unpaired) electrons. The van der Waals surface area contributed by atoms with E-state index in [2.05, 4.69) is 15.9 Å². The third-order valence-electron chi connectivity index (χ3n) is 3.09. The van der Waals surface area contributed by atoms with Gasteiger partial charge >= 0.3 is 0 Å². The van der Waals surface area contributed by atoms with Gasteiger partial charge in [-0.05, 0) is 31.0 Å². The molecular weight excluding hydrogens is 286 g/mol. The summed E-state index contributed by atoms with van der Waals surface area (Å²) in [6, 6.07) is 5.17. The van der Waals surface area contributed by atoms with Crippen LogP contribution < -0.4 is 10.6 Å². The van der Waals surface area contributed by atoms with Gasteiger partial charge in [0.1, 0.15) is 5.69 Å². The Balaban J connectivity index is 2.29. The highest BCUT2D eigenvalue weighted by Crippen LogP contribution is 2.34. The van der Waals surface area contributed by atoms with Gasteiger partial charge in [-0.2, -0.15) is 0 Å². The number of anilines is 1. The summed E-state index contributed by atoms with van der Waals surface area (Å²) in [6.07, 6.45) is 1.00. The van der Waals surface area contributed by atoms with Gasteiger partial charge in [0, 0.05) is 23.6 Å². The van der Waals surface area contributed by atoms with Crippen molar-refractivity contribution in [3.63, 3.8) is 0 Å². The summed E-state index contributed by atoms with van der Waals surface area (Å²) in [5.74, 6) is 0.443. The molecule has 1 aliphatic heterocycles. The summed E-state index contributed by atoms with van der Waals surface area (Å²) >= 11 is 3.26. The molecule has 0 saturated carbocycles. The van der Waals surface area contributed by atoms with Gasteiger partial charge in [0.25, 0.3) is 5.69 Å². The maximum atomic E-state index is 11.0. The molecular formula is C11H14BrN3O2. The first-order valence-electron chi connectivity index (χ1n) is 5.50. The number of nitrogens with zero attached hydrogens (tertiary/aromatic N) is 2. The Labute approximate surface area is 108 Å². The molecule has 17 heavy (non-hydrogen) atoms. The second-order valence-electron chi connectivity index (χ2n) is 4.23. The average molecular weight is 300 g/mol. The van der Waals surface area contributed by atoms with Gasteiger partial charge in [-0.1, -0.05) is 15.9 Å². The minimum atomic E-state index is -0.337. The van der Waals surface area contributed by atoms with Crippen molar-refractivity contribution in [3.05, 3.63) is 32.8 Å². The van der Waals surface area contributed by atoms with Crippen molar-refractivity contribution in [1.82, 2.24) is 0 Å². The zero-order chi connectivity index (χ0) is 12.4. The molecule has 6 heteroatoms. The molecule has 5 nitrogen and oxygen atoms in total. The van der Waals surface area contributed by atoms with E-state index in [0.29, 0.717) is 18.2 Å². The van der Waals surface area contributed by atoms with Crippen molar-refractivity contribution in [2.45, 2.75) is 6.42 Å². The van der Waals surface area contributed by atoms with Crippen LogP contribution in [0.4, 0.5) is 11.4 Å². The molecule has 0 bridgehead atoms. The first kappa shape index (κ1) is 12.3. The van der Waals surface area contributed by atoms with Crippen LogP contribution in [0.3, 0.4) is 0 Å². The van der Waals surface area contributed by atoms with E-state index in [0.717, 1.165) is 24.0 Å². The Bertz CT molecular complexity index is 439. The van der Waals surface area contributed by atoms with Gasteiger partial charge in [-0.3, -0.25) is 10.1 Å². The monoisotopic (exact) mass is 299 g/mol. The van der Waals surface area contributed by atoms with Crippen molar-refractivity contribution in [2.24, 2.45) is 11.7 Å². The quantitative estimate of drug-likeness (QED) is 0.685. The normalized spacial score (nSPS) is 19.6. The molecule has 0 aromatic heterocycles. The number of hydrogen-bond acceptors (Lipinski definition) is 4. The van der Waals surface area contributed by atoms with Crippen LogP contribution in [0.25, 0.3) is 0 Å². The van der Waals surface area contributed by atoms with Crippen LogP contribution in [0.5, 0.6) is 0 Å². The second-order valence-corrected chi connectivity index (χ2v) is 5.14. The fourth-order valence-electron chi connectivity index (χ4n) is 2.15. The van der Waals surface area contributed by atoms with E-state index in [1.165, 1.54) is 0 Å². The van der Waals surface area contributed by atoms with Crippen molar-refractivity contribution in [2.75, 3.05) is 24.5 Å². The van der Waals surface area contributed by atoms with Gasteiger partial charge in [-0.25, -0.2) is 0 Å². The number of nitro benzene ring substituents is 1. The maximum Gasteiger partial charge on any atom is 0.293 e. The lowest BCUT2D eigenvalue weighted by Gasteiger charge is -2.18. The topological polar surface area (TPSA) is 72.4 Å². The maximum absolute atomic E-state index is 11.0. The number of hydrogen-bond donors (Lipinski definition) is 1. The van der Waals surface area contributed by atoms with Crippen molar-refractivity contribution in [3.8, 4) is 0 Å².